The van der Waals surface area contributed by atoms with Crippen LogP contribution in [-0.2, 0) is 7.05 Å². The minimum atomic E-state index is 0.0370. The number of carbonyl (C=O) groups is 1. The summed E-state index contributed by atoms with van der Waals surface area (Å²) in [4.78, 5) is 12.5. The summed E-state index contributed by atoms with van der Waals surface area (Å²) in [5, 5.41) is 5.84. The molecule has 0 aliphatic rings. The second-order valence-corrected chi connectivity index (χ2v) is 3.59. The van der Waals surface area contributed by atoms with Crippen LogP contribution in [0.15, 0.2) is 29.8 Å². The number of carbonyl (C=O) groups excluding carboxylic acids is 1. The van der Waals surface area contributed by atoms with Crippen LogP contribution in [0.3, 0.4) is 0 Å². The van der Waals surface area contributed by atoms with Gasteiger partial charge < -0.3 is 0 Å². The highest BCUT2D eigenvalue weighted by atomic mass is 32.1. The monoisotopic (exact) mass is 192 g/mol. The van der Waals surface area contributed by atoms with Crippen LogP contribution in [0.2, 0.25) is 0 Å². The van der Waals surface area contributed by atoms with Crippen molar-refractivity contribution in [1.82, 2.24) is 9.78 Å². The Bertz CT molecular complexity index is 417. The first-order valence-corrected chi connectivity index (χ1v) is 4.73. The lowest BCUT2D eigenvalue weighted by atomic mass is 10.2. The number of hydrogen-bond donors (Lipinski definition) is 0. The fraction of sp³-hybridized carbons (Fsp3) is 0.111. The lowest BCUT2D eigenvalue weighted by Gasteiger charge is -1.97. The molecule has 0 saturated heterocycles. The molecule has 2 heterocycles. The minimum Gasteiger partial charge on any atom is -0.286 e. The van der Waals surface area contributed by atoms with E-state index in [0.717, 1.165) is 4.88 Å². The Kier molecular flexibility index (Phi) is 1.98. The fourth-order valence-electron chi connectivity index (χ4n) is 1.13. The first-order chi connectivity index (χ1) is 6.29. The molecular weight excluding hydrogens is 184 g/mol. The highest BCUT2D eigenvalue weighted by Gasteiger charge is 2.12. The third-order valence-corrected chi connectivity index (χ3v) is 2.67. The van der Waals surface area contributed by atoms with Gasteiger partial charge in [-0.25, -0.2) is 0 Å². The van der Waals surface area contributed by atoms with Crippen molar-refractivity contribution in [2.75, 3.05) is 0 Å². The zero-order valence-electron chi connectivity index (χ0n) is 7.10. The zero-order chi connectivity index (χ0) is 9.26. The Hall–Kier alpha value is -1.42. The van der Waals surface area contributed by atoms with Crippen molar-refractivity contribution in [3.63, 3.8) is 0 Å². The molecule has 0 N–H and O–H groups in total. The molecule has 13 heavy (non-hydrogen) atoms. The summed E-state index contributed by atoms with van der Waals surface area (Å²) in [5.41, 5.74) is 0.627. The molecule has 0 bridgehead atoms. The van der Waals surface area contributed by atoms with Gasteiger partial charge in [-0.15, -0.1) is 11.3 Å². The molecule has 0 amide bonds. The molecule has 4 heteroatoms. The smallest absolute Gasteiger partial charge is 0.220 e. The maximum absolute atomic E-state index is 11.7. The maximum Gasteiger partial charge on any atom is 0.220 e. The van der Waals surface area contributed by atoms with Crippen molar-refractivity contribution in [1.29, 1.82) is 0 Å². The van der Waals surface area contributed by atoms with Crippen LogP contribution in [0.4, 0.5) is 0 Å². The second-order valence-electron chi connectivity index (χ2n) is 2.65. The van der Waals surface area contributed by atoms with Gasteiger partial charge in [0.25, 0.3) is 0 Å². The predicted molar refractivity (Wildman–Crippen MR) is 51.0 cm³/mol. The van der Waals surface area contributed by atoms with Crippen molar-refractivity contribution >= 4 is 17.1 Å². The van der Waals surface area contributed by atoms with Crippen LogP contribution < -0.4 is 0 Å². The lowest BCUT2D eigenvalue weighted by molar-refractivity contribution is 0.103. The molecule has 2 aromatic rings. The highest BCUT2D eigenvalue weighted by molar-refractivity contribution is 7.12. The number of nitrogens with zero attached hydrogens (tertiary/aromatic N) is 2. The molecule has 0 aromatic carbocycles. The number of ketones is 1. The van der Waals surface area contributed by atoms with Crippen LogP contribution in [0.1, 0.15) is 15.4 Å². The van der Waals surface area contributed by atoms with Gasteiger partial charge >= 0.3 is 0 Å². The van der Waals surface area contributed by atoms with Gasteiger partial charge in [-0.1, -0.05) is 6.07 Å². The van der Waals surface area contributed by atoms with Crippen LogP contribution in [0.5, 0.6) is 0 Å². The van der Waals surface area contributed by atoms with E-state index in [2.05, 4.69) is 5.10 Å². The summed E-state index contributed by atoms with van der Waals surface area (Å²) in [7, 11) is 1.76. The summed E-state index contributed by atoms with van der Waals surface area (Å²) < 4.78 is 1.59. The third kappa shape index (κ3) is 1.40. The fourth-order valence-corrected chi connectivity index (χ4v) is 1.80. The Morgan fingerprint density at radius 1 is 1.54 bits per heavy atom. The van der Waals surface area contributed by atoms with E-state index < -0.39 is 0 Å². The van der Waals surface area contributed by atoms with Crippen molar-refractivity contribution < 1.29 is 4.79 Å². The molecule has 3 nitrogen and oxygen atoms in total. The van der Waals surface area contributed by atoms with Gasteiger partial charge in [-0.05, 0) is 17.5 Å². The van der Waals surface area contributed by atoms with Gasteiger partial charge in [0, 0.05) is 13.2 Å². The molecule has 0 saturated carbocycles. The number of thiophene rings is 1. The largest absolute Gasteiger partial charge is 0.286 e. The van der Waals surface area contributed by atoms with E-state index in [9.17, 15) is 4.79 Å². The third-order valence-electron chi connectivity index (χ3n) is 1.80. The van der Waals surface area contributed by atoms with Gasteiger partial charge in [-0.2, -0.15) is 5.10 Å². The van der Waals surface area contributed by atoms with Gasteiger partial charge in [-0.3, -0.25) is 9.48 Å². The molecular formula is C9H8N2OS. The van der Waals surface area contributed by atoms with Gasteiger partial charge in [0.2, 0.25) is 5.78 Å². The average Bonchev–Trinajstić information content (AvgIpc) is 2.72. The van der Waals surface area contributed by atoms with E-state index in [4.69, 9.17) is 0 Å². The summed E-state index contributed by atoms with van der Waals surface area (Å²) >= 11 is 1.45. The standard InChI is InChI=1S/C9H8N2OS/c1-11-7(4-5-10-11)9(12)8-3-2-6-13-8/h2-6H,1H3. The number of rotatable bonds is 2. The Balaban J connectivity index is 2.39. The van der Waals surface area contributed by atoms with Crippen molar-refractivity contribution in [3.8, 4) is 0 Å². The molecule has 0 atom stereocenters. The van der Waals surface area contributed by atoms with E-state index in [1.54, 1.807) is 24.0 Å². The van der Waals surface area contributed by atoms with Crippen molar-refractivity contribution in [2.24, 2.45) is 7.05 Å². The number of aromatic nitrogens is 2. The Morgan fingerprint density at radius 2 is 2.38 bits per heavy atom. The van der Waals surface area contributed by atoms with E-state index >= 15 is 0 Å². The van der Waals surface area contributed by atoms with Crippen LogP contribution >= 0.6 is 11.3 Å². The lowest BCUT2D eigenvalue weighted by Crippen LogP contribution is -2.06. The van der Waals surface area contributed by atoms with Crippen molar-refractivity contribution in [3.05, 3.63) is 40.3 Å². The molecule has 66 valence electrons. The zero-order valence-corrected chi connectivity index (χ0v) is 7.91. The summed E-state index contributed by atoms with van der Waals surface area (Å²) in [6.07, 6.45) is 1.63. The van der Waals surface area contributed by atoms with Crippen LogP contribution in [-0.4, -0.2) is 15.6 Å². The average molecular weight is 192 g/mol. The molecule has 0 radical (unpaired) electrons. The molecule has 0 spiro atoms. The first kappa shape index (κ1) is 8.19. The topological polar surface area (TPSA) is 34.9 Å². The maximum atomic E-state index is 11.7. The Labute approximate surface area is 79.6 Å². The molecule has 0 aliphatic heterocycles. The quantitative estimate of drug-likeness (QED) is 0.679. The molecule has 2 rings (SSSR count). The first-order valence-electron chi connectivity index (χ1n) is 3.85. The van der Waals surface area contributed by atoms with Gasteiger partial charge in [0.1, 0.15) is 5.69 Å². The normalized spacial score (nSPS) is 10.2. The minimum absolute atomic E-state index is 0.0370. The molecule has 0 fully saturated rings. The summed E-state index contributed by atoms with van der Waals surface area (Å²) in [6.45, 7) is 0. The van der Waals surface area contributed by atoms with Crippen molar-refractivity contribution in [2.45, 2.75) is 0 Å². The summed E-state index contributed by atoms with van der Waals surface area (Å²) in [6, 6.07) is 5.41. The van der Waals surface area contributed by atoms with E-state index in [1.165, 1.54) is 11.3 Å². The molecule has 0 aliphatic carbocycles. The van der Waals surface area contributed by atoms with Gasteiger partial charge in [0.05, 0.1) is 4.88 Å². The SMILES string of the molecule is Cn1nccc1C(=O)c1cccs1. The summed E-state index contributed by atoms with van der Waals surface area (Å²) in [5.74, 6) is 0.0370. The molecule has 0 unspecified atom stereocenters. The van der Waals surface area contributed by atoms with Gasteiger partial charge in [0.15, 0.2) is 0 Å². The van der Waals surface area contributed by atoms with E-state index in [0.29, 0.717) is 5.69 Å². The Morgan fingerprint density at radius 3 is 2.92 bits per heavy atom. The van der Waals surface area contributed by atoms with E-state index in [-0.39, 0.29) is 5.78 Å². The van der Waals surface area contributed by atoms with E-state index in [1.807, 2.05) is 17.5 Å². The highest BCUT2D eigenvalue weighted by Crippen LogP contribution is 2.13. The number of aryl methyl sites for hydroxylation is 1. The second kappa shape index (κ2) is 3.14. The predicted octanol–water partition coefficient (Wildman–Crippen LogP) is 1.71. The molecule has 2 aromatic heterocycles. The number of hydrogen-bond acceptors (Lipinski definition) is 3. The van der Waals surface area contributed by atoms with Crippen LogP contribution in [0.25, 0.3) is 0 Å². The van der Waals surface area contributed by atoms with Crippen LogP contribution in [0, 0.1) is 0 Å².